The number of anilines is 2. The number of likely N-dealkylation sites (tertiary alicyclic amines) is 1. The van der Waals surface area contributed by atoms with Crippen molar-refractivity contribution >= 4 is 23.9 Å². The van der Waals surface area contributed by atoms with Crippen molar-refractivity contribution in [3.63, 3.8) is 0 Å². The first-order valence-electron chi connectivity index (χ1n) is 13.1. The second-order valence-corrected chi connectivity index (χ2v) is 9.90. The number of nitrogens with one attached hydrogen (secondary N) is 2. The van der Waals surface area contributed by atoms with E-state index in [-0.39, 0.29) is 36.7 Å². The van der Waals surface area contributed by atoms with Gasteiger partial charge in [0.2, 0.25) is 17.7 Å². The van der Waals surface area contributed by atoms with Gasteiger partial charge in [-0.25, -0.2) is 28.9 Å². The molecular formula is C25H36FN9O4. The average Bonchev–Trinajstić information content (AvgIpc) is 2.91. The lowest BCUT2D eigenvalue weighted by Crippen LogP contribution is -2.55. The van der Waals surface area contributed by atoms with E-state index in [0.29, 0.717) is 24.9 Å². The summed E-state index contributed by atoms with van der Waals surface area (Å²) in [7, 11) is 3.58. The fourth-order valence-electron chi connectivity index (χ4n) is 4.79. The topological polar surface area (TPSA) is 138 Å². The Hall–Kier alpha value is -3.81. The zero-order valence-electron chi connectivity index (χ0n) is 22.7. The first-order valence-corrected chi connectivity index (χ1v) is 13.1. The molecular weight excluding hydrogens is 509 g/mol. The number of carbonyl (C=O) groups excluding carboxylic acids is 2. The molecule has 2 aliphatic heterocycles. The number of carbonyl (C=O) groups is 2. The fraction of sp³-hybridized carbons (Fsp3) is 0.600. The number of halogens is 1. The minimum absolute atomic E-state index is 0.0228. The van der Waals surface area contributed by atoms with Gasteiger partial charge in [-0.15, -0.1) is 0 Å². The smallest absolute Gasteiger partial charge is 0.414 e. The Morgan fingerprint density at radius 1 is 1.15 bits per heavy atom. The number of hydrogen-bond acceptors (Lipinski definition) is 10. The van der Waals surface area contributed by atoms with Crippen molar-refractivity contribution in [2.24, 2.45) is 5.92 Å². The molecule has 3 amide bonds. The second-order valence-electron chi connectivity index (χ2n) is 9.90. The fourth-order valence-corrected chi connectivity index (χ4v) is 4.79. The molecule has 0 bridgehead atoms. The van der Waals surface area contributed by atoms with Gasteiger partial charge in [-0.2, -0.15) is 4.98 Å². The predicted molar refractivity (Wildman–Crippen MR) is 142 cm³/mol. The molecule has 212 valence electrons. The Balaban J connectivity index is 1.35. The van der Waals surface area contributed by atoms with E-state index in [1.807, 2.05) is 6.92 Å². The van der Waals surface area contributed by atoms with Crippen molar-refractivity contribution in [2.75, 3.05) is 57.1 Å². The van der Waals surface area contributed by atoms with Crippen LogP contribution in [0.2, 0.25) is 0 Å². The van der Waals surface area contributed by atoms with Crippen molar-refractivity contribution in [3.8, 4) is 11.8 Å². The highest BCUT2D eigenvalue weighted by Crippen LogP contribution is 2.24. The van der Waals surface area contributed by atoms with Crippen LogP contribution in [-0.2, 0) is 0 Å². The Labute approximate surface area is 227 Å². The summed E-state index contributed by atoms with van der Waals surface area (Å²) in [6.07, 6.45) is 3.46. The van der Waals surface area contributed by atoms with Gasteiger partial charge in [0.15, 0.2) is 5.82 Å². The molecule has 0 aliphatic carbocycles. The lowest BCUT2D eigenvalue weighted by atomic mass is 9.94. The van der Waals surface area contributed by atoms with Crippen molar-refractivity contribution in [3.05, 3.63) is 24.7 Å². The zero-order valence-corrected chi connectivity index (χ0v) is 22.7. The number of hydrogen-bond donors (Lipinski definition) is 2. The molecule has 4 atom stereocenters. The number of rotatable bonds is 7. The van der Waals surface area contributed by atoms with Gasteiger partial charge in [-0.1, -0.05) is 6.92 Å². The first-order chi connectivity index (χ1) is 18.7. The summed E-state index contributed by atoms with van der Waals surface area (Å²) in [6.45, 7) is 6.67. The van der Waals surface area contributed by atoms with Gasteiger partial charge < -0.3 is 29.5 Å². The number of ether oxygens (including phenoxy) is 2. The molecule has 0 saturated carbocycles. The number of nitrogens with zero attached hydrogens (tertiary/aromatic N) is 7. The van der Waals surface area contributed by atoms with Crippen LogP contribution in [0, 0.1) is 5.92 Å². The molecule has 0 radical (unpaired) electrons. The molecule has 0 unspecified atom stereocenters. The molecule has 2 aromatic heterocycles. The van der Waals surface area contributed by atoms with E-state index in [1.165, 1.54) is 36.6 Å². The minimum Gasteiger partial charge on any atom is -0.477 e. The molecule has 0 spiro atoms. The normalized spacial score (nSPS) is 23.6. The SMILES string of the molecule is CCOc1cnc(NC(=O)N(C)[C@H]2CN(c3nccc(OC(=O)N[C@H]4CCN(C)C[C@@H]4C)n3)CC[C@H]2F)cn1. The largest absolute Gasteiger partial charge is 0.477 e. The van der Waals surface area contributed by atoms with Gasteiger partial charge in [-0.05, 0) is 39.3 Å². The molecule has 2 fully saturated rings. The number of alkyl halides is 1. The molecule has 2 N–H and O–H groups in total. The van der Waals surface area contributed by atoms with Gasteiger partial charge in [0.1, 0.15) is 6.17 Å². The van der Waals surface area contributed by atoms with Crippen LogP contribution in [0.3, 0.4) is 0 Å². The first kappa shape index (κ1) is 28.2. The van der Waals surface area contributed by atoms with E-state index in [9.17, 15) is 14.0 Å². The van der Waals surface area contributed by atoms with E-state index in [1.54, 1.807) is 4.90 Å². The van der Waals surface area contributed by atoms with Gasteiger partial charge in [-0.3, -0.25) is 5.32 Å². The van der Waals surface area contributed by atoms with Crippen LogP contribution in [0.25, 0.3) is 0 Å². The third-order valence-electron chi connectivity index (χ3n) is 6.98. The number of amides is 3. The molecule has 2 saturated heterocycles. The summed E-state index contributed by atoms with van der Waals surface area (Å²) >= 11 is 0. The van der Waals surface area contributed by atoms with Crippen LogP contribution in [0.5, 0.6) is 11.8 Å². The molecule has 4 heterocycles. The van der Waals surface area contributed by atoms with Crippen LogP contribution in [-0.4, -0.2) is 107 Å². The van der Waals surface area contributed by atoms with Gasteiger partial charge >= 0.3 is 12.1 Å². The quantitative estimate of drug-likeness (QED) is 0.532. The summed E-state index contributed by atoms with van der Waals surface area (Å²) in [6, 6.07) is 0.227. The Bertz CT molecular complexity index is 1120. The molecule has 0 aromatic carbocycles. The number of aromatic nitrogens is 4. The molecule has 39 heavy (non-hydrogen) atoms. The predicted octanol–water partition coefficient (Wildman–Crippen LogP) is 2.17. The van der Waals surface area contributed by atoms with Crippen LogP contribution in [0.15, 0.2) is 24.7 Å². The van der Waals surface area contributed by atoms with Crippen molar-refractivity contribution in [1.29, 1.82) is 0 Å². The van der Waals surface area contributed by atoms with E-state index in [0.717, 1.165) is 19.5 Å². The summed E-state index contributed by atoms with van der Waals surface area (Å²) in [5, 5.41) is 5.55. The Morgan fingerprint density at radius 2 is 1.97 bits per heavy atom. The Morgan fingerprint density at radius 3 is 2.69 bits per heavy atom. The van der Waals surface area contributed by atoms with Gasteiger partial charge in [0.05, 0.1) is 25.0 Å². The van der Waals surface area contributed by atoms with E-state index in [4.69, 9.17) is 9.47 Å². The monoisotopic (exact) mass is 545 g/mol. The van der Waals surface area contributed by atoms with Crippen LogP contribution >= 0.6 is 0 Å². The number of piperidine rings is 2. The lowest BCUT2D eigenvalue weighted by Gasteiger charge is -2.39. The number of likely N-dealkylation sites (N-methyl/N-ethyl adjacent to an activating group) is 1. The van der Waals surface area contributed by atoms with Gasteiger partial charge in [0, 0.05) is 45.0 Å². The maximum atomic E-state index is 14.9. The highest BCUT2D eigenvalue weighted by atomic mass is 19.1. The van der Waals surface area contributed by atoms with Crippen LogP contribution in [0.4, 0.5) is 25.7 Å². The number of urea groups is 1. The highest BCUT2D eigenvalue weighted by molar-refractivity contribution is 5.88. The second kappa shape index (κ2) is 12.8. The maximum Gasteiger partial charge on any atom is 0.414 e. The summed E-state index contributed by atoms with van der Waals surface area (Å²) in [5.74, 6) is 1.25. The molecule has 2 aliphatic rings. The lowest BCUT2D eigenvalue weighted by molar-refractivity contribution is 0.133. The van der Waals surface area contributed by atoms with Crippen LogP contribution < -0.4 is 25.0 Å². The van der Waals surface area contributed by atoms with E-state index in [2.05, 4.69) is 49.4 Å². The molecule has 4 rings (SSSR count). The third kappa shape index (κ3) is 7.40. The van der Waals surface area contributed by atoms with Gasteiger partial charge in [0.25, 0.3) is 0 Å². The molecule has 13 nitrogen and oxygen atoms in total. The van der Waals surface area contributed by atoms with Crippen LogP contribution in [0.1, 0.15) is 26.7 Å². The minimum atomic E-state index is -1.25. The summed E-state index contributed by atoms with van der Waals surface area (Å²) in [5.41, 5.74) is 0. The molecule has 2 aromatic rings. The zero-order chi connectivity index (χ0) is 27.9. The van der Waals surface area contributed by atoms with Crippen molar-refractivity contribution in [1.82, 2.24) is 35.1 Å². The van der Waals surface area contributed by atoms with Crippen molar-refractivity contribution < 1.29 is 23.5 Å². The maximum absolute atomic E-state index is 14.9. The van der Waals surface area contributed by atoms with E-state index < -0.39 is 24.3 Å². The third-order valence-corrected chi connectivity index (χ3v) is 6.98. The average molecular weight is 546 g/mol. The summed E-state index contributed by atoms with van der Waals surface area (Å²) in [4.78, 5) is 47.5. The Kier molecular flexibility index (Phi) is 9.28. The standard InChI is InChI=1S/C25H36FN9O4/c1-5-38-22-13-28-20(12-29-22)31-24(36)34(4)19-15-35(11-7-17(19)26)23-27-9-6-21(32-23)39-25(37)30-18-8-10-33(3)14-16(18)2/h6,9,12-13,16-19H,5,7-8,10-11,14-15H2,1-4H3,(H,30,37)(H,28,31,36)/t16-,17+,18-,19-/m0/s1. The molecule has 14 heteroatoms. The van der Waals surface area contributed by atoms with E-state index >= 15 is 0 Å². The summed E-state index contributed by atoms with van der Waals surface area (Å²) < 4.78 is 25.6. The van der Waals surface area contributed by atoms with Crippen molar-refractivity contribution in [2.45, 2.75) is 44.9 Å². The highest BCUT2D eigenvalue weighted by Gasteiger charge is 2.35.